The van der Waals surface area contributed by atoms with Gasteiger partial charge in [-0.05, 0) is 112 Å². The molecule has 0 radical (unpaired) electrons. The summed E-state index contributed by atoms with van der Waals surface area (Å²) in [6, 6.07) is 5.25. The number of fused-ring (bicyclic) bond motifs is 15. The third-order valence-electron chi connectivity index (χ3n) is 12.9. The monoisotopic (exact) mass is 813 g/mol. The molecule has 0 spiro atoms. The fraction of sp³-hybridized carbons (Fsp3) is 0.744. The summed E-state index contributed by atoms with van der Waals surface area (Å²) in [5, 5.41) is 33.0. The van der Waals surface area contributed by atoms with Crippen LogP contribution in [0.2, 0.25) is 0 Å². The molecule has 4 aliphatic rings. The summed E-state index contributed by atoms with van der Waals surface area (Å²) >= 11 is 0. The molecule has 324 valence electrons. The van der Waals surface area contributed by atoms with Gasteiger partial charge >= 0.3 is 5.97 Å². The Bertz CT molecular complexity index is 1670. The number of carbonyl (C=O) groups excluding carboxylic acids is 2. The number of Topliss-reactive ketones (excluding diaryl/α,β-unsaturated/α-hetero) is 1. The molecule has 15 heteroatoms. The summed E-state index contributed by atoms with van der Waals surface area (Å²) in [6.45, 7) is 15.8. The number of ether oxygens (including phenoxy) is 4. The lowest BCUT2D eigenvalue weighted by Crippen LogP contribution is -2.60. The Hall–Kier alpha value is -3.31. The number of ketones is 1. The molecule has 15 nitrogen and oxygen atoms in total. The SMILES string of the molecule is CC[C@H]1OC(=O)[C@H](C)C(=O)[C@H](C)[C@@H](O[C@@H]2O[C@H](C)C[C@H](N(C)C)[C@H]2O)[C@@]2(C)C[C@@H](C)N(C)C[C@H](C)[C@@H](CC/C(=N\OCc3ccc(-n4cccn4)nc3)CO2)[C@]1(C)O. The zero-order valence-electron chi connectivity index (χ0n) is 36.4. The second kappa shape index (κ2) is 19.4. The zero-order valence-corrected chi connectivity index (χ0v) is 36.4. The molecule has 58 heavy (non-hydrogen) atoms. The third kappa shape index (κ3) is 10.5. The van der Waals surface area contributed by atoms with Crippen molar-refractivity contribution in [3.05, 3.63) is 42.4 Å². The molecule has 4 saturated heterocycles. The van der Waals surface area contributed by atoms with E-state index in [0.717, 1.165) is 5.56 Å². The number of hydrogen-bond acceptors (Lipinski definition) is 14. The van der Waals surface area contributed by atoms with Gasteiger partial charge in [0.2, 0.25) is 0 Å². The second-order valence-corrected chi connectivity index (χ2v) is 17.7. The average molecular weight is 813 g/mol. The van der Waals surface area contributed by atoms with E-state index in [-0.39, 0.29) is 43.2 Å². The molecular formula is C43H68N6O9. The van der Waals surface area contributed by atoms with Crippen molar-refractivity contribution in [1.82, 2.24) is 24.6 Å². The van der Waals surface area contributed by atoms with Crippen LogP contribution in [-0.4, -0.2) is 141 Å². The van der Waals surface area contributed by atoms with E-state index in [4.69, 9.17) is 23.8 Å². The van der Waals surface area contributed by atoms with Crippen LogP contribution in [0, 0.1) is 23.7 Å². The Kier molecular flexibility index (Phi) is 15.3. The van der Waals surface area contributed by atoms with E-state index in [1.54, 1.807) is 37.8 Å². The molecule has 2 bridgehead atoms. The van der Waals surface area contributed by atoms with Crippen LogP contribution < -0.4 is 0 Å². The summed E-state index contributed by atoms with van der Waals surface area (Å²) in [6.07, 6.45) is 3.27. The van der Waals surface area contributed by atoms with Gasteiger partial charge in [-0.3, -0.25) is 9.59 Å². The Labute approximate surface area is 344 Å². The molecule has 0 aliphatic carbocycles. The quantitative estimate of drug-likeness (QED) is 0.219. The highest BCUT2D eigenvalue weighted by molar-refractivity contribution is 6.00. The number of likely N-dealkylation sites (N-methyl/N-ethyl adjacent to an activating group) is 1. The van der Waals surface area contributed by atoms with E-state index in [1.807, 2.05) is 64.2 Å². The first-order valence-electron chi connectivity index (χ1n) is 20.9. The van der Waals surface area contributed by atoms with Gasteiger partial charge in [-0.1, -0.05) is 32.0 Å². The van der Waals surface area contributed by atoms with E-state index >= 15 is 0 Å². The lowest BCUT2D eigenvalue weighted by molar-refractivity contribution is -0.296. The Balaban J connectivity index is 1.58. The number of carbonyl (C=O) groups is 2. The van der Waals surface area contributed by atoms with Crippen LogP contribution in [-0.2, 0) is 40.0 Å². The molecule has 6 heterocycles. The average Bonchev–Trinajstić information content (AvgIpc) is 3.72. The van der Waals surface area contributed by atoms with Crippen LogP contribution in [0.25, 0.3) is 5.82 Å². The van der Waals surface area contributed by atoms with Gasteiger partial charge < -0.3 is 43.8 Å². The lowest BCUT2D eigenvalue weighted by Gasteiger charge is -2.48. The van der Waals surface area contributed by atoms with E-state index < -0.39 is 59.4 Å². The molecule has 0 aromatic carbocycles. The van der Waals surface area contributed by atoms with Crippen LogP contribution in [0.5, 0.6) is 0 Å². The van der Waals surface area contributed by atoms with Crippen LogP contribution in [0.1, 0.15) is 93.1 Å². The minimum absolute atomic E-state index is 0.0282. The first-order chi connectivity index (χ1) is 27.4. The van der Waals surface area contributed by atoms with Crippen LogP contribution in [0.3, 0.4) is 0 Å². The van der Waals surface area contributed by atoms with Crippen molar-refractivity contribution in [2.75, 3.05) is 34.3 Å². The minimum atomic E-state index is -1.45. The fourth-order valence-electron chi connectivity index (χ4n) is 9.21. The third-order valence-corrected chi connectivity index (χ3v) is 12.9. The number of hydrogen-bond donors (Lipinski definition) is 2. The number of oxime groups is 1. The normalized spacial score (nSPS) is 38.4. The Morgan fingerprint density at radius 1 is 1.12 bits per heavy atom. The van der Waals surface area contributed by atoms with Gasteiger partial charge in [0.15, 0.2) is 17.9 Å². The summed E-state index contributed by atoms with van der Waals surface area (Å²) in [5.74, 6) is -2.89. The second-order valence-electron chi connectivity index (χ2n) is 17.7. The molecule has 2 N–H and O–H groups in total. The number of aliphatic hydroxyl groups excluding tert-OH is 1. The number of esters is 1. The van der Waals surface area contributed by atoms with Crippen LogP contribution >= 0.6 is 0 Å². The van der Waals surface area contributed by atoms with E-state index in [9.17, 15) is 19.8 Å². The van der Waals surface area contributed by atoms with Crippen LogP contribution in [0.15, 0.2) is 41.9 Å². The molecule has 6 rings (SSSR count). The lowest BCUT2D eigenvalue weighted by atomic mass is 9.72. The van der Waals surface area contributed by atoms with Crippen molar-refractivity contribution in [1.29, 1.82) is 0 Å². The molecule has 13 atom stereocenters. The Morgan fingerprint density at radius 3 is 2.50 bits per heavy atom. The molecule has 2 aromatic heterocycles. The molecule has 0 unspecified atom stereocenters. The summed E-state index contributed by atoms with van der Waals surface area (Å²) in [4.78, 5) is 43.1. The molecule has 0 amide bonds. The smallest absolute Gasteiger partial charge is 0.316 e. The highest BCUT2D eigenvalue weighted by Gasteiger charge is 2.51. The first kappa shape index (κ1) is 45.8. The number of rotatable bonds is 8. The van der Waals surface area contributed by atoms with Gasteiger partial charge in [-0.25, -0.2) is 9.67 Å². The van der Waals surface area contributed by atoms with E-state index in [2.05, 4.69) is 41.0 Å². The maximum Gasteiger partial charge on any atom is 0.316 e. The topological polar surface area (TPSA) is 170 Å². The first-order valence-corrected chi connectivity index (χ1v) is 20.9. The van der Waals surface area contributed by atoms with Crippen molar-refractivity contribution in [3.8, 4) is 5.82 Å². The van der Waals surface area contributed by atoms with Crippen molar-refractivity contribution in [2.45, 2.75) is 148 Å². The maximum absolute atomic E-state index is 14.5. The van der Waals surface area contributed by atoms with Gasteiger partial charge in [-0.2, -0.15) is 5.10 Å². The van der Waals surface area contributed by atoms with E-state index in [0.29, 0.717) is 50.2 Å². The summed E-state index contributed by atoms with van der Waals surface area (Å²) < 4.78 is 27.9. The maximum atomic E-state index is 14.5. The van der Waals surface area contributed by atoms with Crippen molar-refractivity contribution >= 4 is 17.5 Å². The standard InChI is InChI=1S/C43H68N6O9/c1-12-35-43(8,53)33-16-15-32(46-55-24-31-14-17-36(44-22-31)49-19-13-18-45-49)25-54-42(7,21-27(3)48(11)23-26(33)2)39(29(5)37(50)30(6)40(52)57-35)58-41-38(51)34(47(9)10)20-28(4)56-41/h13-14,17-19,22,26-30,33-35,38-39,41,51,53H,12,15-16,20-21,23-25H2,1-11H3/b46-32+/t26-,27+,28+,29-,30+,33+,34-,35+,38+,39+,41-,42+,43-/m0/s1. The predicted octanol–water partition coefficient (Wildman–Crippen LogP) is 4.41. The molecule has 2 aromatic rings. The van der Waals surface area contributed by atoms with Gasteiger partial charge in [0.05, 0.1) is 30.1 Å². The van der Waals surface area contributed by atoms with Crippen molar-refractivity contribution < 1.29 is 43.6 Å². The van der Waals surface area contributed by atoms with Crippen LogP contribution in [0.4, 0.5) is 0 Å². The predicted molar refractivity (Wildman–Crippen MR) is 218 cm³/mol. The number of aromatic nitrogens is 3. The summed E-state index contributed by atoms with van der Waals surface area (Å²) in [5.41, 5.74) is -1.21. The van der Waals surface area contributed by atoms with Gasteiger partial charge in [0, 0.05) is 48.7 Å². The van der Waals surface area contributed by atoms with Crippen molar-refractivity contribution in [3.63, 3.8) is 0 Å². The van der Waals surface area contributed by atoms with Gasteiger partial charge in [-0.15, -0.1) is 0 Å². The highest BCUT2D eigenvalue weighted by atomic mass is 16.7. The number of aliphatic hydroxyl groups is 2. The number of pyridine rings is 1. The largest absolute Gasteiger partial charge is 0.459 e. The van der Waals surface area contributed by atoms with Gasteiger partial charge in [0.25, 0.3) is 0 Å². The zero-order chi connectivity index (χ0) is 42.5. The minimum Gasteiger partial charge on any atom is -0.459 e. The molecule has 4 aliphatic heterocycles. The Morgan fingerprint density at radius 2 is 1.86 bits per heavy atom. The number of nitrogens with zero attached hydrogens (tertiary/aromatic N) is 6. The van der Waals surface area contributed by atoms with Gasteiger partial charge in [0.1, 0.15) is 30.3 Å². The summed E-state index contributed by atoms with van der Waals surface area (Å²) in [7, 11) is 5.86. The fourth-order valence-corrected chi connectivity index (χ4v) is 9.21. The molecule has 4 fully saturated rings. The van der Waals surface area contributed by atoms with Crippen molar-refractivity contribution in [2.24, 2.45) is 28.8 Å². The van der Waals surface area contributed by atoms with E-state index in [1.165, 1.54) is 0 Å². The molecular weight excluding hydrogens is 745 g/mol. The molecule has 0 saturated carbocycles. The highest BCUT2D eigenvalue weighted by Crippen LogP contribution is 2.40.